The molecule has 13 nitrogen and oxygen atoms in total. The quantitative estimate of drug-likeness (QED) is 0.0669. The molecule has 49 heavy (non-hydrogen) atoms. The van der Waals surface area contributed by atoms with Crippen LogP contribution in [0.4, 0.5) is 0 Å². The van der Waals surface area contributed by atoms with E-state index >= 15 is 0 Å². The maximum absolute atomic E-state index is 12.0. The van der Waals surface area contributed by atoms with E-state index in [2.05, 4.69) is 24.9 Å². The summed E-state index contributed by atoms with van der Waals surface area (Å²) in [5.74, 6) is 0.985. The molecule has 0 aliphatic rings. The summed E-state index contributed by atoms with van der Waals surface area (Å²) in [6.45, 7) is 7.50. The number of ether oxygens (including phenoxy) is 9. The van der Waals surface area contributed by atoms with Gasteiger partial charge in [0.05, 0.1) is 85.4 Å². The van der Waals surface area contributed by atoms with E-state index in [1.54, 1.807) is 24.3 Å². The van der Waals surface area contributed by atoms with E-state index in [9.17, 15) is 9.59 Å². The number of carboxylic acids is 1. The second kappa shape index (κ2) is 34.3. The highest BCUT2D eigenvalue weighted by molar-refractivity contribution is 7.80. The zero-order valence-electron chi connectivity index (χ0n) is 29.4. The minimum Gasteiger partial charge on any atom is -0.491 e. The Morgan fingerprint density at radius 2 is 1.08 bits per heavy atom. The molecule has 2 N–H and O–H groups in total. The monoisotopic (exact) mass is 719 g/mol. The molecule has 1 amide bonds. The van der Waals surface area contributed by atoms with Crippen LogP contribution in [0.1, 0.15) is 58.3 Å². The summed E-state index contributed by atoms with van der Waals surface area (Å²) in [5, 5.41) is 11.2. The number of thiol groups is 1. The second-order valence-corrected chi connectivity index (χ2v) is 11.6. The average Bonchev–Trinajstić information content (AvgIpc) is 3.09. The standard InChI is InChI=1S/C35H61NO12S/c1-31(9-7-5-3-2-4-6-8-28-49)46-26-24-43-20-21-44-25-27-47-32-10-12-33(13-11-32)48-29-34(37)36-14-15-40-16-17-41-18-19-42-22-23-45-30-35(38)39/h10-13,31,49H,2-9,14-30H2,1H3,(H,36,37)(H,38,39). The molecular formula is C35H61NO12S. The lowest BCUT2D eigenvalue weighted by Gasteiger charge is -2.13. The Morgan fingerprint density at radius 1 is 0.612 bits per heavy atom. The molecule has 0 saturated carbocycles. The van der Waals surface area contributed by atoms with Gasteiger partial charge >= 0.3 is 5.97 Å². The number of carboxylic acid groups (broad SMARTS) is 1. The molecule has 284 valence electrons. The van der Waals surface area contributed by atoms with E-state index in [-0.39, 0.29) is 31.8 Å². The fourth-order valence-electron chi connectivity index (χ4n) is 4.27. The number of rotatable bonds is 37. The van der Waals surface area contributed by atoms with Gasteiger partial charge in [0, 0.05) is 6.54 Å². The van der Waals surface area contributed by atoms with Gasteiger partial charge < -0.3 is 53.1 Å². The van der Waals surface area contributed by atoms with Crippen LogP contribution in [0, 0.1) is 0 Å². The third kappa shape index (κ3) is 31.5. The molecule has 1 aromatic rings. The van der Waals surface area contributed by atoms with Crippen molar-refractivity contribution in [3.05, 3.63) is 24.3 Å². The predicted molar refractivity (Wildman–Crippen MR) is 189 cm³/mol. The number of carbonyl (C=O) groups excluding carboxylic acids is 1. The number of carbonyl (C=O) groups is 2. The first kappa shape index (κ1) is 44.9. The molecule has 0 fully saturated rings. The number of hydrogen-bond acceptors (Lipinski definition) is 12. The molecule has 0 heterocycles. The van der Waals surface area contributed by atoms with Gasteiger partial charge in [0.2, 0.25) is 0 Å². The Labute approximate surface area is 298 Å². The molecule has 0 aromatic heterocycles. The highest BCUT2D eigenvalue weighted by Crippen LogP contribution is 2.17. The first-order valence-corrected chi connectivity index (χ1v) is 18.2. The third-order valence-electron chi connectivity index (χ3n) is 6.87. The maximum atomic E-state index is 12.0. The second-order valence-electron chi connectivity index (χ2n) is 11.1. The molecule has 0 bridgehead atoms. The zero-order chi connectivity index (χ0) is 35.5. The van der Waals surface area contributed by atoms with Crippen LogP contribution in [0.3, 0.4) is 0 Å². The SMILES string of the molecule is CC(CCCCCCCCCS)OCCOCCOCCOc1ccc(OCC(=O)NCCOCCOCCOCCOCC(=O)O)cc1. The van der Waals surface area contributed by atoms with Gasteiger partial charge in [-0.1, -0.05) is 38.5 Å². The van der Waals surface area contributed by atoms with Crippen LogP contribution in [0.25, 0.3) is 0 Å². The van der Waals surface area contributed by atoms with Crippen molar-refractivity contribution in [1.29, 1.82) is 0 Å². The molecule has 0 radical (unpaired) electrons. The van der Waals surface area contributed by atoms with Crippen molar-refractivity contribution < 1.29 is 57.3 Å². The Bertz CT molecular complexity index is 896. The Kier molecular flexibility index (Phi) is 31.4. The minimum absolute atomic E-state index is 0.108. The van der Waals surface area contributed by atoms with Crippen molar-refractivity contribution >= 4 is 24.5 Å². The molecule has 1 rings (SSSR count). The number of hydrogen-bond donors (Lipinski definition) is 3. The molecule has 0 saturated heterocycles. The summed E-state index contributed by atoms with van der Waals surface area (Å²) in [6, 6.07) is 7.05. The van der Waals surface area contributed by atoms with E-state index in [1.807, 2.05) is 0 Å². The first-order valence-electron chi connectivity index (χ1n) is 17.5. The average molecular weight is 720 g/mol. The molecule has 1 atom stereocenters. The minimum atomic E-state index is -1.01. The van der Waals surface area contributed by atoms with Crippen LogP contribution >= 0.6 is 12.6 Å². The summed E-state index contributed by atoms with van der Waals surface area (Å²) in [7, 11) is 0. The van der Waals surface area contributed by atoms with Gasteiger partial charge in [-0.25, -0.2) is 4.79 Å². The molecule has 0 aliphatic carbocycles. The fourth-order valence-corrected chi connectivity index (χ4v) is 4.50. The summed E-state index contributed by atoms with van der Waals surface area (Å²) >= 11 is 4.25. The van der Waals surface area contributed by atoms with Crippen molar-refractivity contribution in [2.75, 3.05) is 111 Å². The van der Waals surface area contributed by atoms with E-state index in [4.69, 9.17) is 47.7 Å². The number of benzene rings is 1. The number of unbranched alkanes of at least 4 members (excludes halogenated alkanes) is 6. The Morgan fingerprint density at radius 3 is 1.65 bits per heavy atom. The van der Waals surface area contributed by atoms with Crippen molar-refractivity contribution in [2.45, 2.75) is 64.4 Å². The smallest absolute Gasteiger partial charge is 0.329 e. The number of nitrogens with one attached hydrogen (secondary N) is 1. The Balaban J connectivity index is 1.87. The van der Waals surface area contributed by atoms with Crippen LogP contribution in [0.15, 0.2) is 24.3 Å². The highest BCUT2D eigenvalue weighted by Gasteiger charge is 2.05. The van der Waals surface area contributed by atoms with E-state index in [0.29, 0.717) is 97.3 Å². The Hall–Kier alpha value is -2.17. The summed E-state index contributed by atoms with van der Waals surface area (Å²) in [6.07, 6.45) is 10.4. The lowest BCUT2D eigenvalue weighted by Crippen LogP contribution is -2.31. The zero-order valence-corrected chi connectivity index (χ0v) is 30.3. The molecule has 1 aromatic carbocycles. The van der Waals surface area contributed by atoms with Crippen molar-refractivity contribution in [1.82, 2.24) is 5.32 Å². The molecule has 14 heteroatoms. The van der Waals surface area contributed by atoms with Crippen molar-refractivity contribution in [3.63, 3.8) is 0 Å². The van der Waals surface area contributed by atoms with Gasteiger partial charge in [-0.05, 0) is 49.8 Å². The highest BCUT2D eigenvalue weighted by atomic mass is 32.1. The lowest BCUT2D eigenvalue weighted by molar-refractivity contribution is -0.142. The lowest BCUT2D eigenvalue weighted by atomic mass is 10.1. The number of aliphatic carboxylic acids is 1. The van der Waals surface area contributed by atoms with Crippen LogP contribution < -0.4 is 14.8 Å². The van der Waals surface area contributed by atoms with E-state index < -0.39 is 5.97 Å². The van der Waals surface area contributed by atoms with Crippen molar-refractivity contribution in [2.24, 2.45) is 0 Å². The van der Waals surface area contributed by atoms with Gasteiger partial charge in [0.25, 0.3) is 5.91 Å². The molecule has 0 aliphatic heterocycles. The van der Waals surface area contributed by atoms with Crippen LogP contribution in [-0.4, -0.2) is 134 Å². The predicted octanol–water partition coefficient (Wildman–Crippen LogP) is 4.20. The van der Waals surface area contributed by atoms with Crippen LogP contribution in [0.2, 0.25) is 0 Å². The largest absolute Gasteiger partial charge is 0.491 e. The molecule has 0 spiro atoms. The third-order valence-corrected chi connectivity index (χ3v) is 7.19. The number of amides is 1. The fraction of sp³-hybridized carbons (Fsp3) is 0.771. The molecular weight excluding hydrogens is 658 g/mol. The summed E-state index contributed by atoms with van der Waals surface area (Å²) in [4.78, 5) is 22.3. The van der Waals surface area contributed by atoms with E-state index in [1.165, 1.54) is 44.9 Å². The summed E-state index contributed by atoms with van der Waals surface area (Å²) < 4.78 is 49.1. The van der Waals surface area contributed by atoms with Gasteiger partial charge in [0.15, 0.2) is 6.61 Å². The van der Waals surface area contributed by atoms with Crippen LogP contribution in [0.5, 0.6) is 11.5 Å². The molecule has 1 unspecified atom stereocenters. The van der Waals surface area contributed by atoms with Gasteiger partial charge in [-0.2, -0.15) is 12.6 Å². The van der Waals surface area contributed by atoms with E-state index in [0.717, 1.165) is 12.2 Å². The normalized spacial score (nSPS) is 11.8. The van der Waals surface area contributed by atoms with Crippen molar-refractivity contribution in [3.8, 4) is 11.5 Å². The van der Waals surface area contributed by atoms with Gasteiger partial charge in [0.1, 0.15) is 24.7 Å². The maximum Gasteiger partial charge on any atom is 0.329 e. The first-order chi connectivity index (χ1) is 24.0. The topological polar surface area (TPSA) is 149 Å². The van der Waals surface area contributed by atoms with Gasteiger partial charge in [-0.3, -0.25) is 4.79 Å². The van der Waals surface area contributed by atoms with Crippen LogP contribution in [-0.2, 0) is 42.7 Å². The van der Waals surface area contributed by atoms with Gasteiger partial charge in [-0.15, -0.1) is 0 Å². The summed E-state index contributed by atoms with van der Waals surface area (Å²) in [5.41, 5.74) is 0.